The molecule has 54 valence electrons. The van der Waals surface area contributed by atoms with Gasteiger partial charge in [-0.25, -0.2) is 4.58 Å². The lowest BCUT2D eigenvalue weighted by Crippen LogP contribution is -2.09. The van der Waals surface area contributed by atoms with Crippen molar-refractivity contribution in [3.8, 4) is 0 Å². The van der Waals surface area contributed by atoms with Crippen LogP contribution in [0.3, 0.4) is 0 Å². The van der Waals surface area contributed by atoms with E-state index in [4.69, 9.17) is 0 Å². The number of nitrogens with zero attached hydrogens (tertiary/aromatic N) is 1. The number of likely N-dealkylation sites (N-methyl/N-ethyl adjacent to an activating group) is 1. The van der Waals surface area contributed by atoms with Crippen LogP contribution in [0.2, 0.25) is 0 Å². The first-order valence-electron chi connectivity index (χ1n) is 3.69. The van der Waals surface area contributed by atoms with Crippen LogP contribution in [0.25, 0.3) is 0 Å². The SMILES string of the molecule is C=CCCC1=[N+](C)CC=C1. The average Bonchev–Trinajstić information content (AvgIpc) is 2.31. The lowest BCUT2D eigenvalue weighted by Gasteiger charge is -1.92. The number of hydrogen-bond donors (Lipinski definition) is 0. The van der Waals surface area contributed by atoms with E-state index < -0.39 is 0 Å². The second-order valence-corrected chi connectivity index (χ2v) is 2.60. The Morgan fingerprint density at radius 3 is 3.10 bits per heavy atom. The summed E-state index contributed by atoms with van der Waals surface area (Å²) in [6.07, 6.45) is 8.58. The fourth-order valence-corrected chi connectivity index (χ4v) is 1.12. The van der Waals surface area contributed by atoms with Gasteiger partial charge in [-0.1, -0.05) is 6.08 Å². The summed E-state index contributed by atoms with van der Waals surface area (Å²) in [6.45, 7) is 4.77. The number of rotatable bonds is 3. The molecule has 0 aromatic rings. The summed E-state index contributed by atoms with van der Waals surface area (Å²) in [7, 11) is 2.12. The van der Waals surface area contributed by atoms with Crippen LogP contribution < -0.4 is 0 Å². The summed E-state index contributed by atoms with van der Waals surface area (Å²) in [5.41, 5.74) is 1.43. The van der Waals surface area contributed by atoms with Gasteiger partial charge in [0.2, 0.25) is 0 Å². The molecule has 0 N–H and O–H groups in total. The molecule has 0 atom stereocenters. The molecule has 1 aliphatic rings. The van der Waals surface area contributed by atoms with E-state index >= 15 is 0 Å². The van der Waals surface area contributed by atoms with E-state index in [0.717, 1.165) is 19.4 Å². The van der Waals surface area contributed by atoms with E-state index in [2.05, 4.69) is 30.4 Å². The largest absolute Gasteiger partial charge is 0.232 e. The van der Waals surface area contributed by atoms with Crippen molar-refractivity contribution in [1.29, 1.82) is 0 Å². The van der Waals surface area contributed by atoms with Crippen LogP contribution in [0.4, 0.5) is 0 Å². The predicted octanol–water partition coefficient (Wildman–Crippen LogP) is 1.61. The lowest BCUT2D eigenvalue weighted by molar-refractivity contribution is -0.483. The summed E-state index contributed by atoms with van der Waals surface area (Å²) in [6, 6.07) is 0. The highest BCUT2D eigenvalue weighted by molar-refractivity contribution is 5.91. The van der Waals surface area contributed by atoms with Crippen molar-refractivity contribution in [2.75, 3.05) is 13.6 Å². The Morgan fingerprint density at radius 2 is 2.60 bits per heavy atom. The standard InChI is InChI=1S/C9H14N/c1-3-4-6-9-7-5-8-10(9)2/h3,5,7H,1,4,6,8H2,2H3/q+1. The molecule has 0 spiro atoms. The molecule has 0 radical (unpaired) electrons. The zero-order valence-electron chi connectivity index (χ0n) is 6.51. The summed E-state index contributed by atoms with van der Waals surface area (Å²) in [5.74, 6) is 0. The molecule has 1 rings (SSSR count). The highest BCUT2D eigenvalue weighted by Gasteiger charge is 2.09. The van der Waals surface area contributed by atoms with Crippen LogP contribution in [0, 0.1) is 0 Å². The summed E-state index contributed by atoms with van der Waals surface area (Å²) in [4.78, 5) is 0. The van der Waals surface area contributed by atoms with Gasteiger partial charge in [-0.2, -0.15) is 0 Å². The Balaban J connectivity index is 2.45. The minimum Gasteiger partial charge on any atom is -0.232 e. The van der Waals surface area contributed by atoms with Crippen molar-refractivity contribution in [1.82, 2.24) is 0 Å². The maximum Gasteiger partial charge on any atom is 0.176 e. The van der Waals surface area contributed by atoms with Crippen LogP contribution in [-0.2, 0) is 0 Å². The van der Waals surface area contributed by atoms with E-state index in [-0.39, 0.29) is 0 Å². The first-order valence-corrected chi connectivity index (χ1v) is 3.69. The molecule has 1 nitrogen and oxygen atoms in total. The molecule has 0 amide bonds. The minimum absolute atomic E-state index is 1.08. The minimum atomic E-state index is 1.08. The molecular weight excluding hydrogens is 122 g/mol. The maximum atomic E-state index is 3.69. The van der Waals surface area contributed by atoms with E-state index in [1.807, 2.05) is 6.08 Å². The Hall–Kier alpha value is -0.850. The Kier molecular flexibility index (Phi) is 2.43. The molecule has 1 heterocycles. The van der Waals surface area contributed by atoms with Gasteiger partial charge in [-0.05, 0) is 12.5 Å². The van der Waals surface area contributed by atoms with Crippen molar-refractivity contribution < 1.29 is 4.58 Å². The highest BCUT2D eigenvalue weighted by Crippen LogP contribution is 2.00. The van der Waals surface area contributed by atoms with Gasteiger partial charge in [0.1, 0.15) is 7.05 Å². The molecule has 10 heavy (non-hydrogen) atoms. The molecule has 0 saturated carbocycles. The zero-order valence-corrected chi connectivity index (χ0v) is 6.51. The number of allylic oxidation sites excluding steroid dienone is 2. The fourth-order valence-electron chi connectivity index (χ4n) is 1.12. The zero-order chi connectivity index (χ0) is 7.40. The summed E-state index contributed by atoms with van der Waals surface area (Å²) in [5, 5.41) is 0. The third kappa shape index (κ3) is 1.56. The number of hydrogen-bond acceptors (Lipinski definition) is 0. The van der Waals surface area contributed by atoms with Gasteiger partial charge in [0.15, 0.2) is 12.3 Å². The van der Waals surface area contributed by atoms with Crippen molar-refractivity contribution in [2.45, 2.75) is 12.8 Å². The normalized spacial score (nSPS) is 16.5. The van der Waals surface area contributed by atoms with Crippen LogP contribution in [0.5, 0.6) is 0 Å². The molecule has 0 aromatic carbocycles. The monoisotopic (exact) mass is 136 g/mol. The van der Waals surface area contributed by atoms with Crippen LogP contribution in [0.1, 0.15) is 12.8 Å². The average molecular weight is 136 g/mol. The van der Waals surface area contributed by atoms with Crippen molar-refractivity contribution in [3.63, 3.8) is 0 Å². The van der Waals surface area contributed by atoms with Crippen LogP contribution in [-0.4, -0.2) is 23.9 Å². The van der Waals surface area contributed by atoms with Gasteiger partial charge in [0, 0.05) is 12.5 Å². The van der Waals surface area contributed by atoms with E-state index in [0.29, 0.717) is 0 Å². The summed E-state index contributed by atoms with van der Waals surface area (Å²) >= 11 is 0. The Labute approximate surface area is 62.4 Å². The Morgan fingerprint density at radius 1 is 1.80 bits per heavy atom. The van der Waals surface area contributed by atoms with Gasteiger partial charge in [-0.3, -0.25) is 0 Å². The van der Waals surface area contributed by atoms with Crippen LogP contribution in [0.15, 0.2) is 24.8 Å². The second-order valence-electron chi connectivity index (χ2n) is 2.60. The third-order valence-corrected chi connectivity index (χ3v) is 1.78. The molecule has 0 fully saturated rings. The van der Waals surface area contributed by atoms with Gasteiger partial charge < -0.3 is 0 Å². The Bertz CT molecular complexity index is 187. The second kappa shape index (κ2) is 3.35. The van der Waals surface area contributed by atoms with Gasteiger partial charge in [-0.15, -0.1) is 6.58 Å². The molecule has 0 aromatic heterocycles. The first kappa shape index (κ1) is 7.26. The van der Waals surface area contributed by atoms with Gasteiger partial charge >= 0.3 is 0 Å². The molecule has 0 saturated heterocycles. The summed E-state index contributed by atoms with van der Waals surface area (Å²) < 4.78 is 2.27. The third-order valence-electron chi connectivity index (χ3n) is 1.78. The first-order chi connectivity index (χ1) is 4.84. The molecular formula is C9H14N+. The molecule has 0 unspecified atom stereocenters. The van der Waals surface area contributed by atoms with Crippen LogP contribution >= 0.6 is 0 Å². The fraction of sp³-hybridized carbons (Fsp3) is 0.444. The lowest BCUT2D eigenvalue weighted by atomic mass is 10.2. The van der Waals surface area contributed by atoms with Gasteiger partial charge in [0.25, 0.3) is 0 Å². The molecule has 0 aliphatic carbocycles. The van der Waals surface area contributed by atoms with E-state index in [1.54, 1.807) is 0 Å². The smallest absolute Gasteiger partial charge is 0.176 e. The quantitative estimate of drug-likeness (QED) is 0.409. The molecule has 1 heteroatoms. The molecule has 1 aliphatic heterocycles. The van der Waals surface area contributed by atoms with E-state index in [9.17, 15) is 0 Å². The van der Waals surface area contributed by atoms with Crippen molar-refractivity contribution in [2.24, 2.45) is 0 Å². The van der Waals surface area contributed by atoms with Crippen molar-refractivity contribution in [3.05, 3.63) is 24.8 Å². The predicted molar refractivity (Wildman–Crippen MR) is 44.6 cm³/mol. The maximum absolute atomic E-state index is 3.69. The van der Waals surface area contributed by atoms with Gasteiger partial charge in [0.05, 0.1) is 0 Å². The van der Waals surface area contributed by atoms with E-state index in [1.165, 1.54) is 5.71 Å². The molecule has 0 bridgehead atoms. The van der Waals surface area contributed by atoms with Crippen molar-refractivity contribution >= 4 is 5.71 Å². The highest BCUT2D eigenvalue weighted by atomic mass is 15.0. The topological polar surface area (TPSA) is 3.01 Å².